The molecule has 0 saturated heterocycles. The molecule has 1 heterocycles. The van der Waals surface area contributed by atoms with Crippen LogP contribution in [0.25, 0.3) is 0 Å². The largest absolute Gasteiger partial charge is 0.344 e. The molecule has 3 atom stereocenters. The first-order valence-electron chi connectivity index (χ1n) is 7.85. The van der Waals surface area contributed by atoms with Crippen LogP contribution in [0.15, 0.2) is 6.20 Å². The van der Waals surface area contributed by atoms with E-state index in [0.717, 1.165) is 18.7 Å². The van der Waals surface area contributed by atoms with Crippen LogP contribution < -0.4 is 5.32 Å². The van der Waals surface area contributed by atoms with Gasteiger partial charge in [0, 0.05) is 0 Å². The van der Waals surface area contributed by atoms with E-state index in [1.54, 1.807) is 13.1 Å². The van der Waals surface area contributed by atoms with Crippen LogP contribution in [0.1, 0.15) is 57.1 Å². The van der Waals surface area contributed by atoms with E-state index in [1.807, 2.05) is 6.92 Å². The average molecular weight is 321 g/mol. The minimum absolute atomic E-state index is 0.0682. The minimum Gasteiger partial charge on any atom is -0.344 e. The first kappa shape index (κ1) is 17.3. The summed E-state index contributed by atoms with van der Waals surface area (Å²) in [5.74, 6) is 0.0404. The summed E-state index contributed by atoms with van der Waals surface area (Å²) in [6.07, 6.45) is 4.09. The number of alkyl halides is 1. The lowest BCUT2D eigenvalue weighted by atomic mass is 9.76. The summed E-state index contributed by atoms with van der Waals surface area (Å²) in [7, 11) is 0. The number of carbonyl (C=O) groups is 1. The van der Waals surface area contributed by atoms with Gasteiger partial charge in [-0.05, 0) is 52.4 Å². The molecule has 1 amide bonds. The second kappa shape index (κ2) is 6.60. The fourth-order valence-electron chi connectivity index (χ4n) is 3.20. The van der Waals surface area contributed by atoms with Crippen molar-refractivity contribution in [2.45, 2.75) is 58.2 Å². The molecule has 1 saturated carbocycles. The average Bonchev–Trinajstić information content (AvgIpc) is 2.88. The summed E-state index contributed by atoms with van der Waals surface area (Å²) in [4.78, 5) is 19.4. The number of imidazole rings is 1. The molecule has 4 N–H and O–H groups in total. The molecule has 0 aliphatic heterocycles. The molecule has 0 bridgehead atoms. The Bertz CT molecular complexity index is 622. The summed E-state index contributed by atoms with van der Waals surface area (Å²) >= 11 is 0. The van der Waals surface area contributed by atoms with Gasteiger partial charge in [0.05, 0.1) is 23.6 Å². The standard InChI is InChI=1S/C16H24FN5O/c1-9(18)13(19)15(23)22-14(12-8-20-10(2)21-12)11-5-4-6-16(3,17)7-11/h8,11,14,18-19H,4-7H2,1-3H3,(H,20,21)(H,22,23). The molecular weight excluding hydrogens is 297 g/mol. The summed E-state index contributed by atoms with van der Waals surface area (Å²) in [5, 5.41) is 17.9. The maximum atomic E-state index is 14.4. The summed E-state index contributed by atoms with van der Waals surface area (Å²) in [6.45, 7) is 4.81. The van der Waals surface area contributed by atoms with Crippen molar-refractivity contribution in [2.24, 2.45) is 5.92 Å². The molecule has 0 spiro atoms. The minimum atomic E-state index is -1.24. The van der Waals surface area contributed by atoms with Crippen LogP contribution in [0.3, 0.4) is 0 Å². The molecule has 6 nitrogen and oxygen atoms in total. The smallest absolute Gasteiger partial charge is 0.271 e. The van der Waals surface area contributed by atoms with Crippen molar-refractivity contribution in [1.82, 2.24) is 15.3 Å². The summed E-state index contributed by atoms with van der Waals surface area (Å²) in [6, 6.07) is -0.432. The molecule has 1 aliphatic carbocycles. The molecule has 1 aromatic heterocycles. The van der Waals surface area contributed by atoms with Gasteiger partial charge in [0.2, 0.25) is 0 Å². The molecule has 3 unspecified atom stereocenters. The van der Waals surface area contributed by atoms with E-state index in [-0.39, 0.29) is 17.3 Å². The fraction of sp³-hybridized carbons (Fsp3) is 0.625. The normalized spacial score (nSPS) is 25.7. The van der Waals surface area contributed by atoms with E-state index in [1.165, 1.54) is 6.92 Å². The predicted molar refractivity (Wildman–Crippen MR) is 86.8 cm³/mol. The van der Waals surface area contributed by atoms with Gasteiger partial charge >= 0.3 is 0 Å². The number of amides is 1. The highest BCUT2D eigenvalue weighted by atomic mass is 19.1. The number of H-pyrrole nitrogens is 1. The molecule has 1 fully saturated rings. The highest BCUT2D eigenvalue weighted by Crippen LogP contribution is 2.40. The first-order chi connectivity index (χ1) is 10.7. The molecule has 126 valence electrons. The lowest BCUT2D eigenvalue weighted by Crippen LogP contribution is -2.42. The monoisotopic (exact) mass is 321 g/mol. The van der Waals surface area contributed by atoms with Gasteiger partial charge in [0.25, 0.3) is 5.91 Å². The van der Waals surface area contributed by atoms with Gasteiger partial charge in [-0.15, -0.1) is 0 Å². The van der Waals surface area contributed by atoms with Crippen molar-refractivity contribution in [3.8, 4) is 0 Å². The number of hydrogen-bond acceptors (Lipinski definition) is 4. The Morgan fingerprint density at radius 3 is 2.78 bits per heavy atom. The molecule has 2 rings (SSSR count). The predicted octanol–water partition coefficient (Wildman–Crippen LogP) is 2.85. The SMILES string of the molecule is CC(=N)C(=N)C(=O)NC(c1cnc(C)[nH]1)C1CCCC(C)(F)C1. The number of hydrogen-bond donors (Lipinski definition) is 4. The molecule has 0 aromatic carbocycles. The van der Waals surface area contributed by atoms with Crippen LogP contribution in [0, 0.1) is 23.7 Å². The summed E-state index contributed by atoms with van der Waals surface area (Å²) in [5.41, 5.74) is -0.994. The van der Waals surface area contributed by atoms with Gasteiger partial charge in [-0.25, -0.2) is 9.37 Å². The number of aryl methyl sites for hydroxylation is 1. The Hall–Kier alpha value is -2.05. The van der Waals surface area contributed by atoms with Gasteiger partial charge in [0.1, 0.15) is 17.2 Å². The molecule has 23 heavy (non-hydrogen) atoms. The third-order valence-corrected chi connectivity index (χ3v) is 4.38. The van der Waals surface area contributed by atoms with Gasteiger partial charge < -0.3 is 15.7 Å². The Morgan fingerprint density at radius 1 is 1.57 bits per heavy atom. The van der Waals surface area contributed by atoms with E-state index in [4.69, 9.17) is 10.8 Å². The lowest BCUT2D eigenvalue weighted by Gasteiger charge is -2.36. The number of carbonyl (C=O) groups excluding carboxylic acids is 1. The van der Waals surface area contributed by atoms with Crippen LogP contribution in [0.4, 0.5) is 4.39 Å². The van der Waals surface area contributed by atoms with Crippen molar-refractivity contribution in [2.75, 3.05) is 0 Å². The zero-order valence-corrected chi connectivity index (χ0v) is 13.8. The Labute approximate surface area is 135 Å². The number of rotatable bonds is 5. The Kier molecular flexibility index (Phi) is 4.97. The second-order valence-electron chi connectivity index (χ2n) is 6.64. The number of nitrogens with one attached hydrogen (secondary N) is 4. The van der Waals surface area contributed by atoms with Gasteiger partial charge in [0.15, 0.2) is 0 Å². The maximum absolute atomic E-state index is 14.4. The number of nitrogens with zero attached hydrogens (tertiary/aromatic N) is 1. The molecule has 7 heteroatoms. The van der Waals surface area contributed by atoms with Crippen LogP contribution in [-0.2, 0) is 4.79 Å². The van der Waals surface area contributed by atoms with E-state index in [2.05, 4.69) is 15.3 Å². The molecule has 0 radical (unpaired) electrons. The van der Waals surface area contributed by atoms with Crippen molar-refractivity contribution in [1.29, 1.82) is 10.8 Å². The van der Waals surface area contributed by atoms with E-state index in [9.17, 15) is 9.18 Å². The molecular formula is C16H24FN5O. The van der Waals surface area contributed by atoms with Gasteiger partial charge in [-0.1, -0.05) is 0 Å². The third-order valence-electron chi connectivity index (χ3n) is 4.38. The van der Waals surface area contributed by atoms with Crippen molar-refractivity contribution in [3.05, 3.63) is 17.7 Å². The molecule has 1 aliphatic rings. The Morgan fingerprint density at radius 2 is 2.26 bits per heavy atom. The van der Waals surface area contributed by atoms with Crippen molar-refractivity contribution >= 4 is 17.3 Å². The van der Waals surface area contributed by atoms with Crippen molar-refractivity contribution < 1.29 is 9.18 Å². The maximum Gasteiger partial charge on any atom is 0.271 e. The number of aromatic nitrogens is 2. The molecule has 1 aromatic rings. The fourth-order valence-corrected chi connectivity index (χ4v) is 3.20. The van der Waals surface area contributed by atoms with Crippen LogP contribution in [0.2, 0.25) is 0 Å². The highest BCUT2D eigenvalue weighted by molar-refractivity contribution is 6.64. The van der Waals surface area contributed by atoms with E-state index < -0.39 is 17.6 Å². The van der Waals surface area contributed by atoms with E-state index >= 15 is 0 Å². The third kappa shape index (κ3) is 4.24. The Balaban J connectivity index is 2.24. The van der Waals surface area contributed by atoms with E-state index in [0.29, 0.717) is 18.5 Å². The number of aromatic amines is 1. The van der Waals surface area contributed by atoms with Crippen LogP contribution >= 0.6 is 0 Å². The van der Waals surface area contributed by atoms with Crippen LogP contribution in [-0.4, -0.2) is 33.0 Å². The first-order valence-corrected chi connectivity index (χ1v) is 7.85. The lowest BCUT2D eigenvalue weighted by molar-refractivity contribution is -0.116. The topological polar surface area (TPSA) is 105 Å². The zero-order chi connectivity index (χ0) is 17.2. The quantitative estimate of drug-likeness (QED) is 0.626. The van der Waals surface area contributed by atoms with Crippen LogP contribution in [0.5, 0.6) is 0 Å². The van der Waals surface area contributed by atoms with Crippen molar-refractivity contribution in [3.63, 3.8) is 0 Å². The second-order valence-corrected chi connectivity index (χ2v) is 6.64. The number of halogens is 1. The zero-order valence-electron chi connectivity index (χ0n) is 13.8. The summed E-state index contributed by atoms with van der Waals surface area (Å²) < 4.78 is 14.4. The van der Waals surface area contributed by atoms with Gasteiger partial charge in [-0.3, -0.25) is 10.2 Å². The van der Waals surface area contributed by atoms with Gasteiger partial charge in [-0.2, -0.15) is 0 Å². The highest BCUT2D eigenvalue weighted by Gasteiger charge is 2.37.